The Balaban J connectivity index is 0.000000898. The lowest BCUT2D eigenvalue weighted by Gasteiger charge is -2.37. The van der Waals surface area contributed by atoms with Crippen LogP contribution < -0.4 is 20.4 Å². The van der Waals surface area contributed by atoms with Crippen molar-refractivity contribution >= 4 is 55.5 Å². The number of halogens is 1. The highest BCUT2D eigenvalue weighted by Gasteiger charge is 2.54. The number of hydrogen-bond donors (Lipinski definition) is 3. The number of quaternary nitrogens is 1. The van der Waals surface area contributed by atoms with Gasteiger partial charge in [-0.05, 0) is 60.2 Å². The van der Waals surface area contributed by atoms with Crippen molar-refractivity contribution in [2.45, 2.75) is 71.7 Å². The largest absolute Gasteiger partial charge is 0.566 e. The number of ether oxygens (including phenoxy) is 2. The van der Waals surface area contributed by atoms with Crippen molar-refractivity contribution in [3.8, 4) is 0 Å². The lowest BCUT2D eigenvalue weighted by Crippen LogP contribution is -3.11. The van der Waals surface area contributed by atoms with E-state index in [0.29, 0.717) is 5.69 Å². The van der Waals surface area contributed by atoms with Gasteiger partial charge in [-0.1, -0.05) is 136 Å². The van der Waals surface area contributed by atoms with Crippen molar-refractivity contribution in [3.63, 3.8) is 0 Å². The summed E-state index contributed by atoms with van der Waals surface area (Å²) in [5.74, 6) is -0.270. The van der Waals surface area contributed by atoms with Gasteiger partial charge in [-0.2, -0.15) is 0 Å². The molecule has 0 aliphatic carbocycles. The Hall–Kier alpha value is -4.69. The van der Waals surface area contributed by atoms with E-state index in [4.69, 9.17) is 30.1 Å². The standard InChI is InChI=1S/C41H39ClN4O9P2.C6H15N/c1-40(2,3)39(47)45-31-23-24-43-37-34(31)44-26-46(37)38-36(54-56(48)49)35(55-57(50,51)33-22-14-13-21-30(33)42)32(53-38)25-52-41(27-15-7-4-8-16-27,28-17-9-5-10-18-28)29-19-11-6-12-20-29;1-4-7(5-2)6-3/h4-24,26,32,35-36,38H,25H2,1-3H3,(H,50,51)(H,43,45,47);4-6H2,1-3H3/p+1/t32-,35-,36-,38-;/m1./s1. The molecule has 2 aromatic heterocycles. The number of fused-ring (bicyclic) bond motifs is 1. The van der Waals surface area contributed by atoms with Crippen LogP contribution in [-0.2, 0) is 38.0 Å². The zero-order chi connectivity index (χ0) is 46.1. The molecule has 14 nitrogen and oxygen atoms in total. The fraction of sp³-hybridized carbons (Fsp3) is 0.340. The molecular formula is C47H55ClN5O9P2+. The van der Waals surface area contributed by atoms with Gasteiger partial charge in [0.1, 0.15) is 23.3 Å². The molecule has 0 saturated carbocycles. The van der Waals surface area contributed by atoms with E-state index in [0.717, 1.165) is 16.7 Å². The fourth-order valence-corrected chi connectivity index (χ4v) is 9.76. The fourth-order valence-electron chi connectivity index (χ4n) is 7.56. The predicted octanol–water partition coefficient (Wildman–Crippen LogP) is 7.21. The average molecular weight is 931 g/mol. The number of nitrogens with one attached hydrogen (secondary N) is 2. The zero-order valence-corrected chi connectivity index (χ0v) is 39.2. The summed E-state index contributed by atoms with van der Waals surface area (Å²) in [7, 11) is -8.40. The lowest BCUT2D eigenvalue weighted by molar-refractivity contribution is -0.894. The van der Waals surface area contributed by atoms with Crippen LogP contribution >= 0.6 is 27.5 Å². The maximum Gasteiger partial charge on any atom is 0.489 e. The molecule has 0 spiro atoms. The minimum Gasteiger partial charge on any atom is -0.566 e. The monoisotopic (exact) mass is 930 g/mol. The van der Waals surface area contributed by atoms with Crippen LogP contribution in [0, 0.1) is 5.41 Å². The van der Waals surface area contributed by atoms with Crippen molar-refractivity contribution in [2.75, 3.05) is 31.6 Å². The van der Waals surface area contributed by atoms with Crippen LogP contribution in [-0.4, -0.2) is 69.9 Å². The summed E-state index contributed by atoms with van der Waals surface area (Å²) in [6, 6.07) is 36.1. The third-order valence-corrected chi connectivity index (χ3v) is 13.5. The highest BCUT2D eigenvalue weighted by molar-refractivity contribution is 7.61. The van der Waals surface area contributed by atoms with E-state index in [2.05, 4.69) is 36.1 Å². The van der Waals surface area contributed by atoms with Crippen molar-refractivity contribution < 1.29 is 47.1 Å². The first-order valence-electron chi connectivity index (χ1n) is 21.1. The number of amides is 1. The molecule has 3 heterocycles. The maximum absolute atomic E-state index is 14.1. The van der Waals surface area contributed by atoms with Crippen molar-refractivity contribution in [1.82, 2.24) is 14.5 Å². The average Bonchev–Trinajstić information content (AvgIpc) is 3.86. The molecule has 0 bridgehead atoms. The quantitative estimate of drug-likeness (QED) is 0.0660. The van der Waals surface area contributed by atoms with Gasteiger partial charge in [0.05, 0.1) is 48.6 Å². The van der Waals surface area contributed by atoms with Gasteiger partial charge in [0.2, 0.25) is 5.91 Å². The van der Waals surface area contributed by atoms with Gasteiger partial charge in [0, 0.05) is 11.6 Å². The number of carbonyl (C=O) groups excluding carboxylic acids is 1. The summed E-state index contributed by atoms with van der Waals surface area (Å²) in [5.41, 5.74) is 1.15. The third kappa shape index (κ3) is 11.0. The molecule has 7 rings (SSSR count). The van der Waals surface area contributed by atoms with Crippen LogP contribution in [0.4, 0.5) is 5.69 Å². The minimum atomic E-state index is -4.81. The third-order valence-electron chi connectivity index (χ3n) is 11.1. The van der Waals surface area contributed by atoms with Gasteiger partial charge in [0.15, 0.2) is 18.0 Å². The molecule has 17 heteroatoms. The first-order chi connectivity index (χ1) is 30.6. The van der Waals surface area contributed by atoms with E-state index in [1.165, 1.54) is 54.9 Å². The van der Waals surface area contributed by atoms with E-state index in [-0.39, 0.29) is 34.0 Å². The van der Waals surface area contributed by atoms with Gasteiger partial charge < -0.3 is 29.5 Å². The molecule has 6 aromatic rings. The summed E-state index contributed by atoms with van der Waals surface area (Å²) >= 11 is 6.38. The molecule has 2 unspecified atom stereocenters. The number of aromatic nitrogens is 3. The molecule has 4 aromatic carbocycles. The number of carbonyl (C=O) groups is 1. The molecule has 1 saturated heterocycles. The van der Waals surface area contributed by atoms with Crippen LogP contribution in [0.15, 0.2) is 134 Å². The smallest absolute Gasteiger partial charge is 0.489 e. The van der Waals surface area contributed by atoms with E-state index in [1.54, 1.807) is 37.8 Å². The summed E-state index contributed by atoms with van der Waals surface area (Å²) in [6.07, 6.45) is -2.92. The van der Waals surface area contributed by atoms with Crippen LogP contribution in [0.5, 0.6) is 0 Å². The van der Waals surface area contributed by atoms with Crippen LogP contribution in [0.3, 0.4) is 0 Å². The second-order valence-corrected chi connectivity index (χ2v) is 19.0. The number of pyridine rings is 1. The molecule has 0 radical (unpaired) electrons. The minimum absolute atomic E-state index is 0.0372. The number of benzene rings is 4. The van der Waals surface area contributed by atoms with E-state index < -0.39 is 51.4 Å². The van der Waals surface area contributed by atoms with Gasteiger partial charge in [-0.25, -0.2) is 9.97 Å². The number of anilines is 1. The van der Waals surface area contributed by atoms with Crippen molar-refractivity contribution in [3.05, 3.63) is 156 Å². The zero-order valence-electron chi connectivity index (χ0n) is 36.7. The van der Waals surface area contributed by atoms with Crippen LogP contribution in [0.25, 0.3) is 11.2 Å². The van der Waals surface area contributed by atoms with E-state index >= 15 is 0 Å². The topological polar surface area (TPSA) is 179 Å². The Morgan fingerprint density at radius 3 is 1.88 bits per heavy atom. The molecule has 3 N–H and O–H groups in total. The normalized spacial score (nSPS) is 18.9. The molecular weight excluding hydrogens is 876 g/mol. The van der Waals surface area contributed by atoms with Crippen molar-refractivity contribution in [2.24, 2.45) is 5.41 Å². The molecule has 6 atom stereocenters. The van der Waals surface area contributed by atoms with Crippen molar-refractivity contribution in [1.29, 1.82) is 0 Å². The Bertz CT molecular complexity index is 2420. The summed E-state index contributed by atoms with van der Waals surface area (Å²) < 4.78 is 53.3. The van der Waals surface area contributed by atoms with E-state index in [1.807, 2.05) is 91.0 Å². The Morgan fingerprint density at radius 1 is 0.859 bits per heavy atom. The first kappa shape index (κ1) is 48.8. The Labute approximate surface area is 380 Å². The number of hydrogen-bond acceptors (Lipinski definition) is 10. The molecule has 1 amide bonds. The van der Waals surface area contributed by atoms with Gasteiger partial charge in [-0.15, -0.1) is 4.52 Å². The molecule has 64 heavy (non-hydrogen) atoms. The van der Waals surface area contributed by atoms with Gasteiger partial charge in [0.25, 0.3) is 0 Å². The highest BCUT2D eigenvalue weighted by Crippen LogP contribution is 2.51. The Morgan fingerprint density at radius 2 is 1.39 bits per heavy atom. The molecule has 1 aliphatic heterocycles. The number of nitrogens with zero attached hydrogens (tertiary/aromatic N) is 3. The molecule has 338 valence electrons. The molecule has 1 fully saturated rings. The second kappa shape index (κ2) is 21.5. The summed E-state index contributed by atoms with van der Waals surface area (Å²) in [5, 5.41) is 2.63. The molecule has 1 aliphatic rings. The second-order valence-electron chi connectivity index (χ2n) is 16.2. The Kier molecular flexibility index (Phi) is 16.4. The van der Waals surface area contributed by atoms with Crippen LogP contribution in [0.1, 0.15) is 64.5 Å². The summed E-state index contributed by atoms with van der Waals surface area (Å²) in [6.45, 7) is 15.5. The first-order valence-corrected chi connectivity index (χ1v) is 24.2. The van der Waals surface area contributed by atoms with E-state index in [9.17, 15) is 23.7 Å². The highest BCUT2D eigenvalue weighted by atomic mass is 35.5. The number of rotatable bonds is 16. The predicted molar refractivity (Wildman–Crippen MR) is 246 cm³/mol. The van der Waals surface area contributed by atoms with Gasteiger partial charge >= 0.3 is 15.9 Å². The maximum atomic E-state index is 14.1. The lowest BCUT2D eigenvalue weighted by atomic mass is 9.80. The number of imidazole rings is 1. The SMILES string of the molecule is CC(C)(C)C(=O)Nc1ccnc2c1ncn2[C@@H]1O[C@H](COC(c2ccccc2)(c2ccccc2)c2ccccc2)[C@@H](OP(=O)(O)c2ccccc2Cl)[C@H]1O[P+](=O)[O-].CC[NH+](CC)CC. The van der Waals surface area contributed by atoms with Crippen LogP contribution in [0.2, 0.25) is 5.02 Å². The summed E-state index contributed by atoms with van der Waals surface area (Å²) in [4.78, 5) is 47.6. The van der Waals surface area contributed by atoms with Gasteiger partial charge in [-0.3, -0.25) is 18.5 Å².